The van der Waals surface area contributed by atoms with Crippen LogP contribution in [-0.2, 0) is 9.08 Å². The predicted octanol–water partition coefficient (Wildman–Crippen LogP) is 5.41. The molecule has 0 heterocycles. The van der Waals surface area contributed by atoms with Gasteiger partial charge in [0, 0.05) is 18.3 Å². The average molecular weight is 518 g/mol. The molecule has 1 N–H and O–H groups in total. The molecule has 186 valence electrons. The van der Waals surface area contributed by atoms with Gasteiger partial charge in [-0.25, -0.2) is 0 Å². The zero-order valence-corrected chi connectivity index (χ0v) is 20.6. The van der Waals surface area contributed by atoms with Crippen molar-refractivity contribution in [3.63, 3.8) is 0 Å². The van der Waals surface area contributed by atoms with Crippen LogP contribution in [0.15, 0.2) is 48.5 Å². The third-order valence-corrected chi connectivity index (χ3v) is 6.01. The maximum absolute atomic E-state index is 12.3. The molecule has 0 aliphatic carbocycles. The second kappa shape index (κ2) is 13.5. The zero-order valence-electron chi connectivity index (χ0n) is 18.9. The molecule has 0 amide bonds. The standard InChI is InChI=1S/C22H26F3N3O4S2/c1-4-28(5-2)14-21(30)33-15-20(29)16-6-8-17(9-7-16)26-32-34-27(3)18-10-12-19(13-11-18)31-22(23,24)25/h6-13,26H,4-5,14-15H2,1-3H3. The number of carbonyl (C=O) groups excluding carboxylic acids is 2. The van der Waals surface area contributed by atoms with Crippen LogP contribution in [0, 0.1) is 0 Å². The lowest BCUT2D eigenvalue weighted by Crippen LogP contribution is -2.28. The molecule has 0 saturated heterocycles. The van der Waals surface area contributed by atoms with Crippen LogP contribution in [0.4, 0.5) is 24.5 Å². The Labute approximate surface area is 205 Å². The lowest BCUT2D eigenvalue weighted by Gasteiger charge is -2.17. The summed E-state index contributed by atoms with van der Waals surface area (Å²) in [7, 11) is 1.67. The summed E-state index contributed by atoms with van der Waals surface area (Å²) in [6, 6.07) is 11.9. The summed E-state index contributed by atoms with van der Waals surface area (Å²) in [6.45, 7) is 5.85. The number of ketones is 1. The molecular weight excluding hydrogens is 491 g/mol. The first-order valence-corrected chi connectivity index (χ1v) is 12.0. The molecule has 0 aromatic heterocycles. The van der Waals surface area contributed by atoms with Crippen molar-refractivity contribution in [3.05, 3.63) is 54.1 Å². The van der Waals surface area contributed by atoms with Gasteiger partial charge in [0.25, 0.3) is 0 Å². The van der Waals surface area contributed by atoms with Gasteiger partial charge in [-0.3, -0.25) is 24.3 Å². The van der Waals surface area contributed by atoms with Crippen LogP contribution < -0.4 is 14.5 Å². The van der Waals surface area contributed by atoms with E-state index in [1.54, 1.807) is 35.6 Å². The molecule has 0 aliphatic rings. The van der Waals surface area contributed by atoms with E-state index in [2.05, 4.69) is 10.2 Å². The number of anilines is 2. The van der Waals surface area contributed by atoms with Crippen molar-refractivity contribution in [2.24, 2.45) is 0 Å². The van der Waals surface area contributed by atoms with Gasteiger partial charge in [-0.15, -0.1) is 13.2 Å². The van der Waals surface area contributed by atoms with Gasteiger partial charge in [0.2, 0.25) is 5.12 Å². The van der Waals surface area contributed by atoms with Crippen LogP contribution in [0.3, 0.4) is 0 Å². The van der Waals surface area contributed by atoms with Gasteiger partial charge < -0.3 is 4.74 Å². The SMILES string of the molecule is CCN(CC)CC(=O)SCC(=O)c1ccc(NOSN(C)c2ccc(OC(F)(F)F)cc2)cc1. The van der Waals surface area contributed by atoms with E-state index in [4.69, 9.17) is 4.28 Å². The second-order valence-corrected chi connectivity index (χ2v) is 8.82. The fourth-order valence-corrected chi connectivity index (χ4v) is 3.84. The molecule has 2 rings (SSSR count). The highest BCUT2D eigenvalue weighted by Gasteiger charge is 2.31. The summed E-state index contributed by atoms with van der Waals surface area (Å²) < 4.78 is 47.5. The van der Waals surface area contributed by atoms with Crippen molar-refractivity contribution in [2.45, 2.75) is 20.2 Å². The monoisotopic (exact) mass is 517 g/mol. The molecule has 2 aromatic carbocycles. The van der Waals surface area contributed by atoms with Crippen LogP contribution in [0.2, 0.25) is 0 Å². The summed E-state index contributed by atoms with van der Waals surface area (Å²) in [5.74, 6) is -0.371. The van der Waals surface area contributed by atoms with Crippen LogP contribution in [0.25, 0.3) is 0 Å². The van der Waals surface area contributed by atoms with Gasteiger partial charge in [-0.05, 0) is 61.6 Å². The minimum atomic E-state index is -4.74. The van der Waals surface area contributed by atoms with E-state index in [-0.39, 0.29) is 22.4 Å². The van der Waals surface area contributed by atoms with Crippen molar-refractivity contribution in [1.82, 2.24) is 4.90 Å². The topological polar surface area (TPSA) is 71.1 Å². The molecule has 0 bridgehead atoms. The van der Waals surface area contributed by atoms with E-state index >= 15 is 0 Å². The number of carbonyl (C=O) groups is 2. The molecule has 0 spiro atoms. The molecule has 0 aliphatic heterocycles. The Morgan fingerprint density at radius 2 is 1.62 bits per heavy atom. The number of nitrogens with zero attached hydrogens (tertiary/aromatic N) is 2. The largest absolute Gasteiger partial charge is 0.573 e. The number of nitrogens with one attached hydrogen (secondary N) is 1. The minimum Gasteiger partial charge on any atom is -0.406 e. The molecule has 34 heavy (non-hydrogen) atoms. The second-order valence-electron chi connectivity index (χ2n) is 6.92. The minimum absolute atomic E-state index is 0.0348. The fourth-order valence-electron chi connectivity index (χ4n) is 2.65. The lowest BCUT2D eigenvalue weighted by atomic mass is 10.1. The third-order valence-electron chi connectivity index (χ3n) is 4.56. The number of ether oxygens (including phenoxy) is 1. The molecule has 0 unspecified atom stereocenters. The third kappa shape index (κ3) is 9.84. The normalized spacial score (nSPS) is 11.4. The molecular formula is C22H26F3N3O4S2. The first-order chi connectivity index (χ1) is 16.1. The number of alkyl halides is 3. The van der Waals surface area contributed by atoms with Crippen LogP contribution in [0.5, 0.6) is 5.75 Å². The van der Waals surface area contributed by atoms with E-state index in [0.29, 0.717) is 23.5 Å². The van der Waals surface area contributed by atoms with Gasteiger partial charge >= 0.3 is 6.36 Å². The number of rotatable bonds is 13. The first kappa shape index (κ1) is 27.8. The highest BCUT2D eigenvalue weighted by molar-refractivity contribution is 8.14. The maximum atomic E-state index is 12.3. The van der Waals surface area contributed by atoms with Crippen LogP contribution >= 0.6 is 24.0 Å². The fraction of sp³-hybridized carbons (Fsp3) is 0.364. The van der Waals surface area contributed by atoms with Crippen molar-refractivity contribution in [2.75, 3.05) is 42.2 Å². The summed E-state index contributed by atoms with van der Waals surface area (Å²) in [5.41, 5.74) is 4.38. The quantitative estimate of drug-likeness (QED) is 0.162. The number of hydrogen-bond donors (Lipinski definition) is 1. The van der Waals surface area contributed by atoms with Gasteiger partial charge in [-0.2, -0.15) is 4.28 Å². The molecule has 0 atom stereocenters. The molecule has 0 fully saturated rings. The highest BCUT2D eigenvalue weighted by atomic mass is 32.2. The Balaban J connectivity index is 1.76. The molecule has 12 heteroatoms. The summed E-state index contributed by atoms with van der Waals surface area (Å²) >= 11 is 1.94. The summed E-state index contributed by atoms with van der Waals surface area (Å²) in [4.78, 5) is 26.3. The number of likely N-dealkylation sites (N-methyl/N-ethyl adjacent to an activating group) is 1. The summed E-state index contributed by atoms with van der Waals surface area (Å²) in [5, 5.41) is -0.0348. The van der Waals surface area contributed by atoms with Gasteiger partial charge in [0.1, 0.15) is 18.0 Å². The highest BCUT2D eigenvalue weighted by Crippen LogP contribution is 2.27. The van der Waals surface area contributed by atoms with E-state index in [1.807, 2.05) is 18.7 Å². The Kier molecular flexibility index (Phi) is 11.0. The molecule has 7 nitrogen and oxygen atoms in total. The van der Waals surface area contributed by atoms with Crippen LogP contribution in [0.1, 0.15) is 24.2 Å². The van der Waals surface area contributed by atoms with E-state index in [1.165, 1.54) is 24.3 Å². The van der Waals surface area contributed by atoms with E-state index in [0.717, 1.165) is 37.1 Å². The predicted molar refractivity (Wildman–Crippen MR) is 130 cm³/mol. The van der Waals surface area contributed by atoms with Crippen molar-refractivity contribution >= 4 is 46.3 Å². The Hall–Kier alpha value is -2.41. The maximum Gasteiger partial charge on any atom is 0.573 e. The van der Waals surface area contributed by atoms with Gasteiger partial charge in [0.05, 0.1) is 18.0 Å². The van der Waals surface area contributed by atoms with Gasteiger partial charge in [-0.1, -0.05) is 25.6 Å². The summed E-state index contributed by atoms with van der Waals surface area (Å²) in [6.07, 6.45) is -4.74. The lowest BCUT2D eigenvalue weighted by molar-refractivity contribution is -0.274. The smallest absolute Gasteiger partial charge is 0.406 e. The molecule has 0 radical (unpaired) electrons. The number of benzene rings is 2. The van der Waals surface area contributed by atoms with Crippen molar-refractivity contribution in [3.8, 4) is 5.75 Å². The Bertz CT molecular complexity index is 924. The Morgan fingerprint density at radius 1 is 1.00 bits per heavy atom. The molecule has 2 aromatic rings. The number of Topliss-reactive ketones (excluding diaryl/α,β-unsaturated/α-hetero) is 1. The molecule has 0 saturated carbocycles. The first-order valence-electron chi connectivity index (χ1n) is 10.3. The number of halogens is 3. The van der Waals surface area contributed by atoms with E-state index < -0.39 is 6.36 Å². The zero-order chi connectivity index (χ0) is 25.1. The number of hydrogen-bond acceptors (Lipinski definition) is 9. The van der Waals surface area contributed by atoms with Gasteiger partial charge in [0.15, 0.2) is 5.78 Å². The van der Waals surface area contributed by atoms with Crippen molar-refractivity contribution < 1.29 is 31.8 Å². The van der Waals surface area contributed by atoms with Crippen molar-refractivity contribution in [1.29, 1.82) is 0 Å². The Morgan fingerprint density at radius 3 is 2.18 bits per heavy atom. The van der Waals surface area contributed by atoms with E-state index in [9.17, 15) is 22.8 Å². The average Bonchev–Trinajstić information content (AvgIpc) is 2.80. The van der Waals surface area contributed by atoms with Crippen LogP contribution in [-0.4, -0.2) is 54.6 Å². The number of thioether (sulfide) groups is 1.